The van der Waals surface area contributed by atoms with Gasteiger partial charge < -0.3 is 44.1 Å². The molecule has 2 amide bonds. The van der Waals surface area contributed by atoms with Crippen molar-refractivity contribution in [3.8, 4) is 28.7 Å². The first-order chi connectivity index (χ1) is 21.4. The number of nitrogens with zero attached hydrogens (tertiary/aromatic N) is 2. The number of halogens is 2. The van der Waals surface area contributed by atoms with E-state index in [1.165, 1.54) is 30.3 Å². The molecule has 0 radical (unpaired) electrons. The van der Waals surface area contributed by atoms with Crippen molar-refractivity contribution in [3.63, 3.8) is 0 Å². The number of benzene rings is 2. The summed E-state index contributed by atoms with van der Waals surface area (Å²) < 4.78 is 53.9. The number of nitrogens with one attached hydrogen (secondary N) is 1. The Morgan fingerprint density at radius 3 is 2.44 bits per heavy atom. The maximum atomic E-state index is 13.9. The number of pyridine rings is 1. The Kier molecular flexibility index (Phi) is 6.74. The smallest absolute Gasteiger partial charge is 0.497 e. The predicted octanol–water partition coefficient (Wildman–Crippen LogP) is 2.62. The third-order valence-corrected chi connectivity index (χ3v) is 8.65. The van der Waals surface area contributed by atoms with Crippen LogP contribution < -0.4 is 29.0 Å². The summed E-state index contributed by atoms with van der Waals surface area (Å²) in [6.45, 7) is 1.68. The molecule has 14 heteroatoms. The maximum absolute atomic E-state index is 13.9. The van der Waals surface area contributed by atoms with Crippen LogP contribution in [0.1, 0.15) is 52.7 Å². The lowest BCUT2D eigenvalue weighted by Gasteiger charge is -2.34. The zero-order chi connectivity index (χ0) is 31.7. The third kappa shape index (κ3) is 5.03. The minimum atomic E-state index is -3.81. The standard InChI is InChI=1S/C31H29F2N3O9/c1-30(14-42-24-10-27-26(8-18(24)30)44-31(32,33)45-27)29(40)35-20-9-25(43-23-7-16(41-2)4-5-17(20)23)19-6-3-15(11-34-19)28(39)36-12-21(37)22(38)13-36/h3-8,10-11,20-22,25,37-38H,9,12-14H2,1-2H3,(H,35,40)/t20-,21-,22-,25-,30?/m1/s1. The fourth-order valence-corrected chi connectivity index (χ4v) is 6.07. The van der Waals surface area contributed by atoms with Gasteiger partial charge in [-0.05, 0) is 37.3 Å². The Balaban J connectivity index is 1.14. The number of aromatic nitrogens is 1. The Hall–Kier alpha value is -4.69. The molecule has 236 valence electrons. The highest BCUT2D eigenvalue weighted by Gasteiger charge is 2.49. The predicted molar refractivity (Wildman–Crippen MR) is 150 cm³/mol. The number of methoxy groups -OCH3 is 1. The number of carbonyl (C=O) groups excluding carboxylic acids is 2. The molecule has 3 aromatic rings. The maximum Gasteiger partial charge on any atom is 0.586 e. The zero-order valence-electron chi connectivity index (χ0n) is 24.2. The van der Waals surface area contributed by atoms with Crippen molar-refractivity contribution in [1.82, 2.24) is 15.2 Å². The third-order valence-electron chi connectivity index (χ3n) is 8.65. The van der Waals surface area contributed by atoms with Crippen molar-refractivity contribution in [3.05, 3.63) is 71.0 Å². The van der Waals surface area contributed by atoms with Crippen LogP contribution in [0.4, 0.5) is 8.78 Å². The molecule has 1 saturated heterocycles. The highest BCUT2D eigenvalue weighted by atomic mass is 19.3. The number of hydrogen-bond donors (Lipinski definition) is 3. The highest BCUT2D eigenvalue weighted by molar-refractivity contribution is 5.94. The Morgan fingerprint density at radius 2 is 1.76 bits per heavy atom. The van der Waals surface area contributed by atoms with Gasteiger partial charge in [-0.3, -0.25) is 14.6 Å². The molecule has 7 rings (SSSR count). The molecule has 5 atom stereocenters. The molecule has 12 nitrogen and oxygen atoms in total. The molecule has 1 aromatic heterocycles. The molecule has 2 aromatic carbocycles. The minimum absolute atomic E-state index is 0.0255. The average Bonchev–Trinajstić information content (AvgIpc) is 3.65. The average molecular weight is 626 g/mol. The van der Waals surface area contributed by atoms with Gasteiger partial charge in [-0.2, -0.15) is 0 Å². The summed E-state index contributed by atoms with van der Waals surface area (Å²) in [5, 5.41) is 22.7. The zero-order valence-corrected chi connectivity index (χ0v) is 24.2. The molecule has 4 aliphatic heterocycles. The summed E-state index contributed by atoms with van der Waals surface area (Å²) in [6, 6.07) is 10.6. The molecule has 0 aliphatic carbocycles. The Bertz CT molecular complexity index is 1680. The summed E-state index contributed by atoms with van der Waals surface area (Å²) in [5.41, 5.74) is 0.651. The van der Waals surface area contributed by atoms with E-state index in [1.54, 1.807) is 37.3 Å². The van der Waals surface area contributed by atoms with Gasteiger partial charge in [0.1, 0.15) is 35.4 Å². The topological polar surface area (TPSA) is 149 Å². The van der Waals surface area contributed by atoms with Gasteiger partial charge in [-0.1, -0.05) is 0 Å². The first-order valence-corrected chi connectivity index (χ1v) is 14.3. The van der Waals surface area contributed by atoms with Crippen LogP contribution in [0.15, 0.2) is 48.7 Å². The number of β-amino-alcohol motifs (C(OH)–C–C–N with tert-alkyl or cyclic N) is 2. The number of hydrogen-bond acceptors (Lipinski definition) is 10. The van der Waals surface area contributed by atoms with Crippen LogP contribution in [0.2, 0.25) is 0 Å². The van der Waals surface area contributed by atoms with E-state index in [1.807, 2.05) is 0 Å². The van der Waals surface area contributed by atoms with E-state index in [0.29, 0.717) is 28.3 Å². The van der Waals surface area contributed by atoms with Crippen LogP contribution >= 0.6 is 0 Å². The Morgan fingerprint density at radius 1 is 1.02 bits per heavy atom. The fraction of sp³-hybridized carbons (Fsp3) is 0.387. The summed E-state index contributed by atoms with van der Waals surface area (Å²) in [4.78, 5) is 32.6. The lowest BCUT2D eigenvalue weighted by atomic mass is 9.82. The normalized spacial score (nSPS) is 27.2. The van der Waals surface area contributed by atoms with E-state index in [0.717, 1.165) is 0 Å². The number of carbonyl (C=O) groups is 2. The summed E-state index contributed by atoms with van der Waals surface area (Å²) in [7, 11) is 1.52. The van der Waals surface area contributed by atoms with Crippen molar-refractivity contribution < 1.29 is 52.3 Å². The van der Waals surface area contributed by atoms with Gasteiger partial charge in [-0.15, -0.1) is 8.78 Å². The van der Waals surface area contributed by atoms with E-state index < -0.39 is 42.0 Å². The van der Waals surface area contributed by atoms with E-state index in [4.69, 9.17) is 14.2 Å². The van der Waals surface area contributed by atoms with Gasteiger partial charge in [-0.25, -0.2) is 0 Å². The van der Waals surface area contributed by atoms with E-state index in [9.17, 15) is 28.6 Å². The molecule has 0 saturated carbocycles. The van der Waals surface area contributed by atoms with E-state index in [-0.39, 0.29) is 54.8 Å². The van der Waals surface area contributed by atoms with Crippen LogP contribution in [0, 0.1) is 0 Å². The monoisotopic (exact) mass is 625 g/mol. The van der Waals surface area contributed by atoms with E-state index in [2.05, 4.69) is 19.8 Å². The molecule has 1 fully saturated rings. The van der Waals surface area contributed by atoms with Gasteiger partial charge in [0.25, 0.3) is 5.91 Å². The molecule has 45 heavy (non-hydrogen) atoms. The van der Waals surface area contributed by atoms with Crippen molar-refractivity contribution in [2.24, 2.45) is 0 Å². The SMILES string of the molecule is COc1ccc2c(c1)O[C@@H](c1ccc(C(=O)N3C[C@@H](O)[C@H](O)C3)cn1)C[C@H]2NC(=O)C1(C)COc2cc3c(cc21)OC(F)(F)O3. The number of aliphatic hydroxyl groups is 2. The van der Waals surface area contributed by atoms with Gasteiger partial charge >= 0.3 is 6.29 Å². The number of ether oxygens (including phenoxy) is 5. The van der Waals surface area contributed by atoms with Gasteiger partial charge in [0.2, 0.25) is 5.91 Å². The highest BCUT2D eigenvalue weighted by Crippen LogP contribution is 2.50. The summed E-state index contributed by atoms with van der Waals surface area (Å²) >= 11 is 0. The van der Waals surface area contributed by atoms with Crippen LogP contribution in [0.3, 0.4) is 0 Å². The van der Waals surface area contributed by atoms with Gasteiger partial charge in [0.15, 0.2) is 11.5 Å². The van der Waals surface area contributed by atoms with Crippen molar-refractivity contribution in [1.29, 1.82) is 0 Å². The lowest BCUT2D eigenvalue weighted by Crippen LogP contribution is -2.46. The molecular weight excluding hydrogens is 596 g/mol. The van der Waals surface area contributed by atoms with Gasteiger partial charge in [0, 0.05) is 49.0 Å². The second-order valence-electron chi connectivity index (χ2n) is 11.7. The van der Waals surface area contributed by atoms with Crippen molar-refractivity contribution in [2.75, 3.05) is 26.8 Å². The minimum Gasteiger partial charge on any atom is -0.497 e. The number of fused-ring (bicyclic) bond motifs is 3. The molecule has 5 heterocycles. The lowest BCUT2D eigenvalue weighted by molar-refractivity contribution is -0.286. The number of amides is 2. The summed E-state index contributed by atoms with van der Waals surface area (Å²) in [5.74, 6) is 0.139. The molecule has 0 bridgehead atoms. The largest absolute Gasteiger partial charge is 0.586 e. The number of alkyl halides is 2. The van der Waals surface area contributed by atoms with Crippen molar-refractivity contribution in [2.45, 2.75) is 49.4 Å². The number of rotatable bonds is 5. The van der Waals surface area contributed by atoms with Crippen LogP contribution in [0.25, 0.3) is 0 Å². The summed E-state index contributed by atoms with van der Waals surface area (Å²) in [6.07, 6.45) is -4.73. The first-order valence-electron chi connectivity index (χ1n) is 14.3. The fourth-order valence-electron chi connectivity index (χ4n) is 6.07. The van der Waals surface area contributed by atoms with E-state index >= 15 is 0 Å². The van der Waals surface area contributed by atoms with Crippen molar-refractivity contribution >= 4 is 11.8 Å². The molecule has 4 aliphatic rings. The Labute approximate surface area is 255 Å². The van der Waals surface area contributed by atoms with Crippen LogP contribution in [-0.4, -0.2) is 77.2 Å². The second kappa shape index (κ2) is 10.4. The number of aliphatic hydroxyl groups excluding tert-OH is 2. The first kappa shape index (κ1) is 29.0. The molecule has 3 N–H and O–H groups in total. The molecular formula is C31H29F2N3O9. The van der Waals surface area contributed by atoms with Gasteiger partial charge in [0.05, 0.1) is 36.6 Å². The molecule has 1 unspecified atom stereocenters. The second-order valence-corrected chi connectivity index (χ2v) is 11.7. The number of likely N-dealkylation sites (tertiary alicyclic amines) is 1. The van der Waals surface area contributed by atoms with Crippen LogP contribution in [0.5, 0.6) is 28.7 Å². The van der Waals surface area contributed by atoms with Crippen LogP contribution in [-0.2, 0) is 10.2 Å². The molecule has 0 spiro atoms. The quantitative estimate of drug-likeness (QED) is 0.387.